The van der Waals surface area contributed by atoms with Crippen LogP contribution in [0.15, 0.2) is 42.5 Å². The van der Waals surface area contributed by atoms with Crippen LogP contribution in [0.25, 0.3) is 0 Å². The van der Waals surface area contributed by atoms with Gasteiger partial charge in [-0.15, -0.1) is 0 Å². The van der Waals surface area contributed by atoms with Gasteiger partial charge in [-0.2, -0.15) is 0 Å². The molecule has 4 atom stereocenters. The first-order valence-corrected chi connectivity index (χ1v) is 9.92. The van der Waals surface area contributed by atoms with Crippen LogP contribution in [0, 0.1) is 5.92 Å². The van der Waals surface area contributed by atoms with Gasteiger partial charge in [0.25, 0.3) is 0 Å². The fourth-order valence-corrected chi connectivity index (χ4v) is 5.46. The van der Waals surface area contributed by atoms with Gasteiger partial charge in [-0.3, -0.25) is 9.59 Å². The lowest BCUT2D eigenvalue weighted by atomic mass is 9.76. The van der Waals surface area contributed by atoms with Crippen LogP contribution in [0.1, 0.15) is 23.1 Å². The Labute approximate surface area is 168 Å². The first-order chi connectivity index (χ1) is 14.1. The molecule has 2 aromatic rings. The van der Waals surface area contributed by atoms with E-state index in [1.807, 2.05) is 35.2 Å². The van der Waals surface area contributed by atoms with Crippen LogP contribution in [0.3, 0.4) is 0 Å². The summed E-state index contributed by atoms with van der Waals surface area (Å²) in [6.45, 7) is 0.985. The van der Waals surface area contributed by atoms with E-state index in [-0.39, 0.29) is 43.0 Å². The number of carbonyl (C=O) groups excluding carboxylic acids is 2. The third kappa shape index (κ3) is 2.24. The van der Waals surface area contributed by atoms with Crippen LogP contribution in [0.5, 0.6) is 11.5 Å². The zero-order chi connectivity index (χ0) is 19.7. The summed E-state index contributed by atoms with van der Waals surface area (Å²) in [4.78, 5) is 29.7. The maximum atomic E-state index is 13.2. The van der Waals surface area contributed by atoms with Gasteiger partial charge in [0.05, 0.1) is 12.6 Å². The number of hydrogen-bond acceptors (Lipinski definition) is 5. The van der Waals surface area contributed by atoms with E-state index >= 15 is 0 Å². The summed E-state index contributed by atoms with van der Waals surface area (Å²) in [5.41, 5.74) is 3.21. The largest absolute Gasteiger partial charge is 0.454 e. The van der Waals surface area contributed by atoms with E-state index < -0.39 is 6.04 Å². The molecule has 2 unspecified atom stereocenters. The fourth-order valence-electron chi connectivity index (χ4n) is 5.46. The van der Waals surface area contributed by atoms with Crippen molar-refractivity contribution in [1.82, 2.24) is 9.80 Å². The normalized spacial score (nSPS) is 29.3. The number of likely N-dealkylation sites (N-methyl/N-ethyl adjacent to an activating group) is 1. The Balaban J connectivity index is 1.54. The van der Waals surface area contributed by atoms with Gasteiger partial charge in [0.1, 0.15) is 6.04 Å². The molecule has 148 valence electrons. The molecule has 2 saturated heterocycles. The van der Waals surface area contributed by atoms with E-state index in [4.69, 9.17) is 9.47 Å². The van der Waals surface area contributed by atoms with E-state index in [1.54, 1.807) is 11.9 Å². The van der Waals surface area contributed by atoms with Crippen LogP contribution in [0.4, 0.5) is 5.69 Å². The third-order valence-electron chi connectivity index (χ3n) is 6.68. The molecule has 1 N–H and O–H groups in total. The second kappa shape index (κ2) is 5.89. The van der Waals surface area contributed by atoms with E-state index in [0.29, 0.717) is 18.0 Å². The second-order valence-electron chi connectivity index (χ2n) is 8.16. The van der Waals surface area contributed by atoms with Crippen molar-refractivity contribution in [2.24, 2.45) is 5.92 Å². The van der Waals surface area contributed by atoms with E-state index in [9.17, 15) is 9.59 Å². The van der Waals surface area contributed by atoms with Gasteiger partial charge in [0.2, 0.25) is 18.6 Å². The topological polar surface area (TPSA) is 71.1 Å². The molecular weight excluding hydrogens is 370 g/mol. The number of carbonyl (C=O) groups is 2. The zero-order valence-corrected chi connectivity index (χ0v) is 16.0. The molecule has 2 fully saturated rings. The lowest BCUT2D eigenvalue weighted by Gasteiger charge is -2.38. The number of rotatable bonds is 1. The van der Waals surface area contributed by atoms with Crippen molar-refractivity contribution < 1.29 is 19.1 Å². The van der Waals surface area contributed by atoms with Crippen LogP contribution >= 0.6 is 0 Å². The summed E-state index contributed by atoms with van der Waals surface area (Å²) in [5.74, 6) is 1.47. The number of anilines is 1. The highest BCUT2D eigenvalue weighted by molar-refractivity contribution is 5.96. The summed E-state index contributed by atoms with van der Waals surface area (Å²) in [6.07, 6.45) is 0. The van der Waals surface area contributed by atoms with Gasteiger partial charge in [0, 0.05) is 31.1 Å². The van der Waals surface area contributed by atoms with Crippen LogP contribution in [-0.2, 0) is 9.59 Å². The van der Waals surface area contributed by atoms with Gasteiger partial charge in [-0.25, -0.2) is 0 Å². The maximum absolute atomic E-state index is 13.2. The molecule has 29 heavy (non-hydrogen) atoms. The molecule has 0 saturated carbocycles. The quantitative estimate of drug-likeness (QED) is 0.805. The lowest BCUT2D eigenvalue weighted by molar-refractivity contribution is -0.155. The maximum Gasteiger partial charge on any atom is 0.245 e. The Morgan fingerprint density at radius 1 is 1.03 bits per heavy atom. The summed E-state index contributed by atoms with van der Waals surface area (Å²) >= 11 is 0. The molecule has 0 radical (unpaired) electrons. The standard InChI is InChI=1S/C22H21N3O4/c1-24-10-18(26)25-20(12-6-7-16-17(8-12)29-11-28-16)19-13-4-2-3-5-15(13)23-9-14(19)21(25)22(24)27/h2-8,14,19-21,23H,9-11H2,1H3/t14?,19?,20-,21-/m1/s1. The molecule has 2 amide bonds. The number of amides is 2. The predicted octanol–water partition coefficient (Wildman–Crippen LogP) is 1.96. The monoisotopic (exact) mass is 391 g/mol. The highest BCUT2D eigenvalue weighted by Gasteiger charge is 2.58. The minimum atomic E-state index is -0.456. The Morgan fingerprint density at radius 2 is 1.86 bits per heavy atom. The van der Waals surface area contributed by atoms with Gasteiger partial charge in [-0.1, -0.05) is 24.3 Å². The van der Waals surface area contributed by atoms with Gasteiger partial charge in [0.15, 0.2) is 11.5 Å². The molecule has 0 bridgehead atoms. The van der Waals surface area contributed by atoms with Crippen molar-refractivity contribution in [2.75, 3.05) is 32.2 Å². The Morgan fingerprint density at radius 3 is 2.76 bits per heavy atom. The number of para-hydroxylation sites is 1. The molecule has 2 aromatic carbocycles. The van der Waals surface area contributed by atoms with Crippen LogP contribution in [-0.4, -0.2) is 54.6 Å². The molecule has 0 spiro atoms. The van der Waals surface area contributed by atoms with Crippen molar-refractivity contribution in [3.63, 3.8) is 0 Å². The van der Waals surface area contributed by atoms with E-state index in [2.05, 4.69) is 17.4 Å². The van der Waals surface area contributed by atoms with E-state index in [1.165, 1.54) is 0 Å². The van der Waals surface area contributed by atoms with Crippen molar-refractivity contribution in [3.8, 4) is 11.5 Å². The molecule has 0 aromatic heterocycles. The lowest BCUT2D eigenvalue weighted by Crippen LogP contribution is -2.58. The minimum absolute atomic E-state index is 0.00773. The SMILES string of the molecule is CN1CC(=O)N2[C@H](c3ccc4c(c3)OCO4)C3c4ccccc4NCC3[C@@H]2C1=O. The molecule has 4 aliphatic heterocycles. The molecule has 6 rings (SSSR count). The van der Waals surface area contributed by atoms with Crippen molar-refractivity contribution in [1.29, 1.82) is 0 Å². The number of piperazine rings is 1. The molecule has 7 heteroatoms. The smallest absolute Gasteiger partial charge is 0.245 e. The van der Waals surface area contributed by atoms with Crippen molar-refractivity contribution >= 4 is 17.5 Å². The Hall–Kier alpha value is -3.22. The first-order valence-electron chi connectivity index (χ1n) is 9.92. The fraction of sp³-hybridized carbons (Fsp3) is 0.364. The number of fused-ring (bicyclic) bond motifs is 6. The highest BCUT2D eigenvalue weighted by atomic mass is 16.7. The summed E-state index contributed by atoms with van der Waals surface area (Å²) < 4.78 is 11.1. The first kappa shape index (κ1) is 16.7. The Bertz CT molecular complexity index is 1040. The van der Waals surface area contributed by atoms with Gasteiger partial charge < -0.3 is 24.6 Å². The van der Waals surface area contributed by atoms with Crippen LogP contribution in [0.2, 0.25) is 0 Å². The number of ether oxygens (including phenoxy) is 2. The number of hydrogen-bond donors (Lipinski definition) is 1. The second-order valence-corrected chi connectivity index (χ2v) is 8.16. The summed E-state index contributed by atoms with van der Waals surface area (Å²) in [6, 6.07) is 13.4. The van der Waals surface area contributed by atoms with Crippen molar-refractivity contribution in [3.05, 3.63) is 53.6 Å². The molecule has 4 heterocycles. The summed E-state index contributed by atoms with van der Waals surface area (Å²) in [5, 5.41) is 3.48. The third-order valence-corrected chi connectivity index (χ3v) is 6.68. The molecule has 0 aliphatic carbocycles. The minimum Gasteiger partial charge on any atom is -0.454 e. The number of nitrogens with one attached hydrogen (secondary N) is 1. The molecular formula is C22H21N3O4. The molecule has 4 aliphatic rings. The van der Waals surface area contributed by atoms with E-state index in [0.717, 1.165) is 16.8 Å². The Kier molecular flexibility index (Phi) is 3.39. The van der Waals surface area contributed by atoms with Crippen molar-refractivity contribution in [2.45, 2.75) is 18.0 Å². The number of nitrogens with zero attached hydrogens (tertiary/aromatic N) is 2. The van der Waals surface area contributed by atoms with Crippen LogP contribution < -0.4 is 14.8 Å². The van der Waals surface area contributed by atoms with Gasteiger partial charge >= 0.3 is 0 Å². The highest BCUT2D eigenvalue weighted by Crippen LogP contribution is 2.55. The summed E-state index contributed by atoms with van der Waals surface area (Å²) in [7, 11) is 1.71. The zero-order valence-electron chi connectivity index (χ0n) is 16.0. The average Bonchev–Trinajstić information content (AvgIpc) is 3.34. The number of benzene rings is 2. The predicted molar refractivity (Wildman–Crippen MR) is 105 cm³/mol. The molecule has 7 nitrogen and oxygen atoms in total. The average molecular weight is 391 g/mol. The van der Waals surface area contributed by atoms with Gasteiger partial charge in [-0.05, 0) is 29.3 Å².